The molecule has 0 aliphatic rings. The van der Waals surface area contributed by atoms with Gasteiger partial charge in [0, 0.05) is 34.4 Å². The predicted octanol–water partition coefficient (Wildman–Crippen LogP) is 3.10. The number of nitrogens with zero attached hydrogens (tertiary/aromatic N) is 1. The van der Waals surface area contributed by atoms with Gasteiger partial charge in [-0.3, -0.25) is 9.89 Å². The summed E-state index contributed by atoms with van der Waals surface area (Å²) in [6.45, 7) is 2.10. The Bertz CT molecular complexity index is 741. The smallest absolute Gasteiger partial charge is 0.256 e. The van der Waals surface area contributed by atoms with Crippen molar-refractivity contribution in [3.05, 3.63) is 47.8 Å². The number of carbonyl (C=O) groups excluding carboxylic acids is 1. The molecule has 5 nitrogen and oxygen atoms in total. The van der Waals surface area contributed by atoms with Crippen LogP contribution in [0.25, 0.3) is 10.9 Å². The summed E-state index contributed by atoms with van der Waals surface area (Å²) >= 11 is 0. The minimum atomic E-state index is -0.150. The van der Waals surface area contributed by atoms with Gasteiger partial charge in [0.25, 0.3) is 5.91 Å². The van der Waals surface area contributed by atoms with Gasteiger partial charge in [0.1, 0.15) is 0 Å². The third-order valence-electron chi connectivity index (χ3n) is 3.21. The molecule has 0 fully saturated rings. The molecular weight excluding hydrogens is 252 g/mol. The number of hydrogen-bond acceptors (Lipinski definition) is 2. The lowest BCUT2D eigenvalue weighted by molar-refractivity contribution is 0.102. The second-order valence-corrected chi connectivity index (χ2v) is 4.76. The van der Waals surface area contributed by atoms with E-state index in [1.807, 2.05) is 30.5 Å². The second-order valence-electron chi connectivity index (χ2n) is 4.76. The monoisotopic (exact) mass is 268 g/mol. The summed E-state index contributed by atoms with van der Waals surface area (Å²) in [4.78, 5) is 15.3. The SMILES string of the molecule is CCCc1cc(NC(=O)c2ccc3[nH]ccc3c2)n[nH]1. The number of aromatic amines is 2. The maximum atomic E-state index is 12.2. The zero-order valence-corrected chi connectivity index (χ0v) is 11.2. The quantitative estimate of drug-likeness (QED) is 0.680. The van der Waals surface area contributed by atoms with Crippen LogP contribution in [0, 0.1) is 0 Å². The number of amides is 1. The summed E-state index contributed by atoms with van der Waals surface area (Å²) in [6, 6.07) is 9.38. The van der Waals surface area contributed by atoms with Crippen LogP contribution in [0.15, 0.2) is 36.5 Å². The minimum absolute atomic E-state index is 0.150. The number of aromatic nitrogens is 3. The molecule has 3 rings (SSSR count). The number of fused-ring (bicyclic) bond motifs is 1. The summed E-state index contributed by atoms with van der Waals surface area (Å²) in [7, 11) is 0. The summed E-state index contributed by atoms with van der Waals surface area (Å²) < 4.78 is 0. The Morgan fingerprint density at radius 2 is 2.20 bits per heavy atom. The molecule has 1 amide bonds. The maximum Gasteiger partial charge on any atom is 0.256 e. The first kappa shape index (κ1) is 12.5. The minimum Gasteiger partial charge on any atom is -0.361 e. The van der Waals surface area contributed by atoms with Gasteiger partial charge in [0.15, 0.2) is 5.82 Å². The Hall–Kier alpha value is -2.56. The largest absolute Gasteiger partial charge is 0.361 e. The summed E-state index contributed by atoms with van der Waals surface area (Å²) in [5, 5.41) is 10.8. The first-order valence-electron chi connectivity index (χ1n) is 6.69. The van der Waals surface area contributed by atoms with Crippen molar-refractivity contribution in [2.75, 3.05) is 5.32 Å². The van der Waals surface area contributed by atoms with E-state index in [1.165, 1.54) is 0 Å². The molecule has 0 saturated heterocycles. The zero-order chi connectivity index (χ0) is 13.9. The van der Waals surface area contributed by atoms with Crippen LogP contribution in [0.3, 0.4) is 0 Å². The standard InChI is InChI=1S/C15H16N4O/c1-2-3-12-9-14(19-18-12)17-15(20)11-4-5-13-10(8-11)6-7-16-13/h4-9,16H,2-3H2,1H3,(H2,17,18,19,20). The molecule has 0 spiro atoms. The number of hydrogen-bond donors (Lipinski definition) is 3. The predicted molar refractivity (Wildman–Crippen MR) is 78.8 cm³/mol. The Labute approximate surface area is 116 Å². The third kappa shape index (κ3) is 2.42. The summed E-state index contributed by atoms with van der Waals surface area (Å²) in [5.74, 6) is 0.412. The average molecular weight is 268 g/mol. The lowest BCUT2D eigenvalue weighted by Gasteiger charge is -2.01. The fraction of sp³-hybridized carbons (Fsp3) is 0.200. The molecule has 0 bridgehead atoms. The van der Waals surface area contributed by atoms with Crippen LogP contribution in [-0.4, -0.2) is 21.1 Å². The van der Waals surface area contributed by atoms with E-state index < -0.39 is 0 Å². The number of anilines is 1. The molecule has 1 aromatic carbocycles. The van der Waals surface area contributed by atoms with Crippen molar-refractivity contribution < 1.29 is 4.79 Å². The van der Waals surface area contributed by atoms with E-state index in [9.17, 15) is 4.79 Å². The fourth-order valence-electron chi connectivity index (χ4n) is 2.21. The van der Waals surface area contributed by atoms with Crippen molar-refractivity contribution in [3.63, 3.8) is 0 Å². The molecule has 0 saturated carbocycles. The van der Waals surface area contributed by atoms with Gasteiger partial charge in [-0.2, -0.15) is 5.10 Å². The molecule has 102 valence electrons. The molecule has 0 unspecified atom stereocenters. The second kappa shape index (κ2) is 5.21. The van der Waals surface area contributed by atoms with E-state index in [0.717, 1.165) is 29.4 Å². The number of H-pyrrole nitrogens is 2. The summed E-state index contributed by atoms with van der Waals surface area (Å²) in [6.07, 6.45) is 3.83. The molecule has 3 aromatic rings. The number of carbonyl (C=O) groups is 1. The van der Waals surface area contributed by atoms with Crippen LogP contribution in [-0.2, 0) is 6.42 Å². The van der Waals surface area contributed by atoms with E-state index in [4.69, 9.17) is 0 Å². The van der Waals surface area contributed by atoms with Crippen molar-refractivity contribution in [3.8, 4) is 0 Å². The first-order valence-corrected chi connectivity index (χ1v) is 6.69. The molecule has 3 N–H and O–H groups in total. The topological polar surface area (TPSA) is 73.6 Å². The van der Waals surface area contributed by atoms with Gasteiger partial charge in [0.2, 0.25) is 0 Å². The first-order chi connectivity index (χ1) is 9.76. The lowest BCUT2D eigenvalue weighted by Crippen LogP contribution is -2.11. The van der Waals surface area contributed by atoms with Gasteiger partial charge >= 0.3 is 0 Å². The number of benzene rings is 1. The van der Waals surface area contributed by atoms with E-state index in [2.05, 4.69) is 27.4 Å². The highest BCUT2D eigenvalue weighted by Crippen LogP contribution is 2.15. The third-order valence-corrected chi connectivity index (χ3v) is 3.21. The van der Waals surface area contributed by atoms with E-state index >= 15 is 0 Å². The van der Waals surface area contributed by atoms with Gasteiger partial charge in [0.05, 0.1) is 0 Å². The van der Waals surface area contributed by atoms with Crippen molar-refractivity contribution in [2.24, 2.45) is 0 Å². The summed E-state index contributed by atoms with van der Waals surface area (Å²) in [5.41, 5.74) is 2.67. The van der Waals surface area contributed by atoms with Crippen molar-refractivity contribution in [2.45, 2.75) is 19.8 Å². The lowest BCUT2D eigenvalue weighted by atomic mass is 10.1. The van der Waals surface area contributed by atoms with E-state index in [-0.39, 0.29) is 5.91 Å². The molecule has 0 atom stereocenters. The molecule has 20 heavy (non-hydrogen) atoms. The van der Waals surface area contributed by atoms with Crippen LogP contribution in [0.5, 0.6) is 0 Å². The van der Waals surface area contributed by atoms with Gasteiger partial charge in [-0.25, -0.2) is 0 Å². The van der Waals surface area contributed by atoms with Crippen LogP contribution >= 0.6 is 0 Å². The van der Waals surface area contributed by atoms with Crippen LogP contribution in [0.1, 0.15) is 29.4 Å². The number of aryl methyl sites for hydroxylation is 1. The highest BCUT2D eigenvalue weighted by molar-refractivity contribution is 6.05. The van der Waals surface area contributed by atoms with Gasteiger partial charge in [-0.1, -0.05) is 13.3 Å². The van der Waals surface area contributed by atoms with Gasteiger partial charge < -0.3 is 10.3 Å². The van der Waals surface area contributed by atoms with Gasteiger partial charge in [-0.05, 0) is 30.7 Å². The molecule has 5 heteroatoms. The van der Waals surface area contributed by atoms with Crippen LogP contribution in [0.2, 0.25) is 0 Å². The Morgan fingerprint density at radius 1 is 1.30 bits per heavy atom. The average Bonchev–Trinajstić information content (AvgIpc) is 3.07. The molecule has 2 heterocycles. The van der Waals surface area contributed by atoms with E-state index in [1.54, 1.807) is 6.07 Å². The number of rotatable bonds is 4. The van der Waals surface area contributed by atoms with Crippen LogP contribution in [0.4, 0.5) is 5.82 Å². The van der Waals surface area contributed by atoms with Crippen molar-refractivity contribution in [1.82, 2.24) is 15.2 Å². The highest BCUT2D eigenvalue weighted by Gasteiger charge is 2.09. The fourth-order valence-corrected chi connectivity index (χ4v) is 2.21. The Kier molecular flexibility index (Phi) is 3.25. The molecule has 0 radical (unpaired) electrons. The molecule has 0 aliphatic carbocycles. The maximum absolute atomic E-state index is 12.2. The molecular formula is C15H16N4O. The number of nitrogens with one attached hydrogen (secondary N) is 3. The van der Waals surface area contributed by atoms with Gasteiger partial charge in [-0.15, -0.1) is 0 Å². The Balaban J connectivity index is 1.77. The normalized spacial score (nSPS) is 10.8. The Morgan fingerprint density at radius 3 is 3.05 bits per heavy atom. The van der Waals surface area contributed by atoms with Crippen molar-refractivity contribution >= 4 is 22.6 Å². The van der Waals surface area contributed by atoms with Crippen LogP contribution < -0.4 is 5.32 Å². The van der Waals surface area contributed by atoms with E-state index in [0.29, 0.717) is 11.4 Å². The highest BCUT2D eigenvalue weighted by atomic mass is 16.1. The zero-order valence-electron chi connectivity index (χ0n) is 11.2. The molecule has 2 aromatic heterocycles. The molecule has 0 aliphatic heterocycles. The van der Waals surface area contributed by atoms with Crippen molar-refractivity contribution in [1.29, 1.82) is 0 Å².